The summed E-state index contributed by atoms with van der Waals surface area (Å²) >= 11 is 3.92. The molecule has 0 amide bonds. The molecule has 0 unspecified atom stereocenters. The largest absolute Gasteiger partial charge is 0.465 e. The Morgan fingerprint density at radius 2 is 2.18 bits per heavy atom. The second kappa shape index (κ2) is 5.64. The Balaban J connectivity index is 2.17. The lowest BCUT2D eigenvalue weighted by molar-refractivity contribution is 0.0601. The molecule has 2 aromatic rings. The predicted molar refractivity (Wildman–Crippen MR) is 77.6 cm³/mol. The van der Waals surface area contributed by atoms with Crippen molar-refractivity contribution in [1.29, 1.82) is 0 Å². The van der Waals surface area contributed by atoms with Crippen LogP contribution in [0.3, 0.4) is 0 Å². The summed E-state index contributed by atoms with van der Waals surface area (Å²) in [5, 5.41) is 1.84. The second-order valence-corrected chi connectivity index (χ2v) is 5.72. The van der Waals surface area contributed by atoms with E-state index in [1.54, 1.807) is 11.3 Å². The fourth-order valence-electron chi connectivity index (χ4n) is 1.53. The molecule has 4 heteroatoms. The van der Waals surface area contributed by atoms with Crippen LogP contribution < -0.4 is 0 Å². The van der Waals surface area contributed by atoms with Gasteiger partial charge in [-0.25, -0.2) is 4.79 Å². The van der Waals surface area contributed by atoms with E-state index in [0.717, 1.165) is 6.42 Å². The summed E-state index contributed by atoms with van der Waals surface area (Å²) in [6.45, 7) is 0. The van der Waals surface area contributed by atoms with E-state index in [1.165, 1.54) is 21.1 Å². The Morgan fingerprint density at radius 1 is 1.41 bits per heavy atom. The lowest BCUT2D eigenvalue weighted by Gasteiger charge is -2.01. The number of carbonyl (C=O) groups excluding carboxylic acids is 1. The second-order valence-electron chi connectivity index (χ2n) is 3.56. The molecule has 0 atom stereocenters. The topological polar surface area (TPSA) is 26.3 Å². The van der Waals surface area contributed by atoms with E-state index in [4.69, 9.17) is 0 Å². The van der Waals surface area contributed by atoms with Crippen LogP contribution in [0.15, 0.2) is 35.7 Å². The Bertz CT molecular complexity index is 534. The number of ether oxygens (including phenoxy) is 1. The molecule has 0 aliphatic heterocycles. The van der Waals surface area contributed by atoms with Crippen LogP contribution in [0.4, 0.5) is 0 Å². The zero-order chi connectivity index (χ0) is 12.3. The van der Waals surface area contributed by atoms with Gasteiger partial charge in [0.1, 0.15) is 0 Å². The maximum atomic E-state index is 11.3. The van der Waals surface area contributed by atoms with Crippen LogP contribution in [0.5, 0.6) is 0 Å². The average Bonchev–Trinajstić information content (AvgIpc) is 2.80. The van der Waals surface area contributed by atoms with Crippen molar-refractivity contribution in [2.24, 2.45) is 0 Å². The molecule has 0 fully saturated rings. The van der Waals surface area contributed by atoms with E-state index in [0.29, 0.717) is 5.56 Å². The normalized spacial score (nSPS) is 10.2. The molecule has 2 rings (SSSR count). The van der Waals surface area contributed by atoms with E-state index in [-0.39, 0.29) is 5.97 Å². The molecule has 0 bridgehead atoms. The molecule has 88 valence electrons. The van der Waals surface area contributed by atoms with Crippen LogP contribution in [0.25, 0.3) is 0 Å². The quantitative estimate of drug-likeness (QED) is 0.617. The molecule has 2 nitrogen and oxygen atoms in total. The molecule has 1 aromatic carbocycles. The van der Waals surface area contributed by atoms with Gasteiger partial charge in [0, 0.05) is 20.2 Å². The van der Waals surface area contributed by atoms with Crippen molar-refractivity contribution in [1.82, 2.24) is 0 Å². The maximum absolute atomic E-state index is 11.3. The van der Waals surface area contributed by atoms with E-state index in [9.17, 15) is 4.79 Å². The number of hydrogen-bond acceptors (Lipinski definition) is 3. The SMILES string of the molecule is COC(=O)c1csc(Cc2ccccc2I)c1. The first-order valence-corrected chi connectivity index (χ1v) is 7.05. The van der Waals surface area contributed by atoms with E-state index in [2.05, 4.69) is 39.5 Å². The van der Waals surface area contributed by atoms with Crippen molar-refractivity contribution in [2.45, 2.75) is 6.42 Å². The molecule has 0 aliphatic carbocycles. The highest BCUT2D eigenvalue weighted by Gasteiger charge is 2.09. The summed E-state index contributed by atoms with van der Waals surface area (Å²) in [7, 11) is 1.40. The van der Waals surface area contributed by atoms with Crippen molar-refractivity contribution in [3.63, 3.8) is 0 Å². The number of esters is 1. The first-order valence-electron chi connectivity index (χ1n) is 5.10. The number of benzene rings is 1. The molecule has 0 aliphatic rings. The third-order valence-corrected chi connectivity index (χ3v) is 4.39. The molecular formula is C13H11IO2S. The van der Waals surface area contributed by atoms with Crippen molar-refractivity contribution < 1.29 is 9.53 Å². The highest BCUT2D eigenvalue weighted by atomic mass is 127. The van der Waals surface area contributed by atoms with Crippen LogP contribution in [-0.4, -0.2) is 13.1 Å². The average molecular weight is 358 g/mol. The van der Waals surface area contributed by atoms with E-state index in [1.807, 2.05) is 23.6 Å². The van der Waals surface area contributed by atoms with Crippen LogP contribution >= 0.6 is 33.9 Å². The zero-order valence-electron chi connectivity index (χ0n) is 9.27. The summed E-state index contributed by atoms with van der Waals surface area (Å²) in [4.78, 5) is 12.5. The minimum absolute atomic E-state index is 0.268. The molecule has 17 heavy (non-hydrogen) atoms. The van der Waals surface area contributed by atoms with Gasteiger partial charge in [-0.15, -0.1) is 11.3 Å². The van der Waals surface area contributed by atoms with E-state index < -0.39 is 0 Å². The fourth-order valence-corrected chi connectivity index (χ4v) is 2.98. The number of rotatable bonds is 3. The van der Waals surface area contributed by atoms with Gasteiger partial charge in [0.05, 0.1) is 12.7 Å². The molecule has 0 saturated carbocycles. The van der Waals surface area contributed by atoms with Crippen molar-refractivity contribution in [2.75, 3.05) is 7.11 Å². The molecule has 0 radical (unpaired) electrons. The Kier molecular flexibility index (Phi) is 4.17. The summed E-state index contributed by atoms with van der Waals surface area (Å²) < 4.78 is 5.94. The standard InChI is InChI=1S/C13H11IO2S/c1-16-13(15)10-7-11(17-8-10)6-9-4-2-3-5-12(9)14/h2-5,7-8H,6H2,1H3. The first kappa shape index (κ1) is 12.6. The van der Waals surface area contributed by atoms with Gasteiger partial charge < -0.3 is 4.74 Å². The van der Waals surface area contributed by atoms with Gasteiger partial charge in [-0.05, 0) is 40.3 Å². The van der Waals surface area contributed by atoms with Crippen molar-refractivity contribution in [3.05, 3.63) is 55.3 Å². The van der Waals surface area contributed by atoms with Crippen LogP contribution in [0, 0.1) is 3.57 Å². The lowest BCUT2D eigenvalue weighted by Crippen LogP contribution is -1.98. The zero-order valence-corrected chi connectivity index (χ0v) is 12.2. The van der Waals surface area contributed by atoms with E-state index >= 15 is 0 Å². The highest BCUT2D eigenvalue weighted by molar-refractivity contribution is 14.1. The molecule has 0 saturated heterocycles. The van der Waals surface area contributed by atoms with Crippen LogP contribution in [0.2, 0.25) is 0 Å². The van der Waals surface area contributed by atoms with Crippen molar-refractivity contribution >= 4 is 39.9 Å². The summed E-state index contributed by atoms with van der Waals surface area (Å²) in [5.41, 5.74) is 1.92. The maximum Gasteiger partial charge on any atom is 0.338 e. The van der Waals surface area contributed by atoms with Gasteiger partial charge in [0.2, 0.25) is 0 Å². The summed E-state index contributed by atoms with van der Waals surface area (Å²) in [5.74, 6) is -0.268. The third kappa shape index (κ3) is 3.07. The van der Waals surface area contributed by atoms with Gasteiger partial charge in [0.15, 0.2) is 0 Å². The summed E-state index contributed by atoms with van der Waals surface area (Å²) in [6, 6.07) is 10.2. The first-order chi connectivity index (χ1) is 8.20. The smallest absolute Gasteiger partial charge is 0.338 e. The van der Waals surface area contributed by atoms with Crippen molar-refractivity contribution in [3.8, 4) is 0 Å². The Morgan fingerprint density at radius 3 is 2.88 bits per heavy atom. The van der Waals surface area contributed by atoms with Gasteiger partial charge in [-0.3, -0.25) is 0 Å². The molecule has 0 N–H and O–H groups in total. The molecular weight excluding hydrogens is 347 g/mol. The number of thiophene rings is 1. The fraction of sp³-hybridized carbons (Fsp3) is 0.154. The molecule has 1 aromatic heterocycles. The lowest BCUT2D eigenvalue weighted by atomic mass is 10.1. The molecule has 1 heterocycles. The summed E-state index contributed by atoms with van der Waals surface area (Å²) in [6.07, 6.45) is 0.862. The minimum Gasteiger partial charge on any atom is -0.465 e. The Hall–Kier alpha value is -0.880. The monoisotopic (exact) mass is 358 g/mol. The van der Waals surface area contributed by atoms with Gasteiger partial charge in [-0.2, -0.15) is 0 Å². The number of hydrogen-bond donors (Lipinski definition) is 0. The van der Waals surface area contributed by atoms with Crippen LogP contribution in [0.1, 0.15) is 20.8 Å². The Labute approximate surface area is 118 Å². The van der Waals surface area contributed by atoms with Gasteiger partial charge in [0.25, 0.3) is 0 Å². The highest BCUT2D eigenvalue weighted by Crippen LogP contribution is 2.21. The van der Waals surface area contributed by atoms with Gasteiger partial charge >= 0.3 is 5.97 Å². The molecule has 0 spiro atoms. The van der Waals surface area contributed by atoms with Gasteiger partial charge in [-0.1, -0.05) is 18.2 Å². The predicted octanol–water partition coefficient (Wildman–Crippen LogP) is 3.73. The van der Waals surface area contributed by atoms with Crippen LogP contribution in [-0.2, 0) is 11.2 Å². The third-order valence-electron chi connectivity index (χ3n) is 2.40. The minimum atomic E-state index is -0.268. The number of halogens is 1. The number of methoxy groups -OCH3 is 1. The number of carbonyl (C=O) groups is 1.